The minimum Gasteiger partial charge on any atom is -0.399 e. The molecule has 0 fully saturated rings. The Balaban J connectivity index is 2.82. The van der Waals surface area contributed by atoms with Gasteiger partial charge in [-0.2, -0.15) is 0 Å². The standard InChI is InChI=1S/C15H26N2/c1-11(2)9-17(12(3)4)10-14-7-6-8-15(16)13(14)5/h6-8,11-12H,9-10,16H2,1-5H3. The van der Waals surface area contributed by atoms with Crippen LogP contribution in [0.25, 0.3) is 0 Å². The van der Waals surface area contributed by atoms with Crippen molar-refractivity contribution in [3.63, 3.8) is 0 Å². The SMILES string of the molecule is Cc1c(N)cccc1CN(CC(C)C)C(C)C. The molecule has 0 heterocycles. The smallest absolute Gasteiger partial charge is 0.0346 e. The first-order chi connectivity index (χ1) is 7.91. The molecule has 2 nitrogen and oxygen atoms in total. The van der Waals surface area contributed by atoms with Gasteiger partial charge in [-0.3, -0.25) is 4.90 Å². The number of benzene rings is 1. The zero-order valence-electron chi connectivity index (χ0n) is 11.8. The highest BCUT2D eigenvalue weighted by molar-refractivity contribution is 5.49. The maximum atomic E-state index is 5.96. The molecule has 2 N–H and O–H groups in total. The summed E-state index contributed by atoms with van der Waals surface area (Å²) in [6.45, 7) is 13.3. The molecule has 0 atom stereocenters. The van der Waals surface area contributed by atoms with Gasteiger partial charge in [-0.05, 0) is 43.9 Å². The summed E-state index contributed by atoms with van der Waals surface area (Å²) in [5.41, 5.74) is 9.42. The number of nitrogen functional groups attached to an aromatic ring is 1. The Morgan fingerprint density at radius 1 is 1.18 bits per heavy atom. The molecule has 1 aromatic rings. The van der Waals surface area contributed by atoms with Crippen LogP contribution in [0.2, 0.25) is 0 Å². The molecule has 0 spiro atoms. The van der Waals surface area contributed by atoms with Crippen molar-refractivity contribution in [2.45, 2.75) is 47.2 Å². The summed E-state index contributed by atoms with van der Waals surface area (Å²) in [6, 6.07) is 6.77. The number of nitrogens with zero attached hydrogens (tertiary/aromatic N) is 1. The van der Waals surface area contributed by atoms with Crippen LogP contribution in [0.4, 0.5) is 5.69 Å². The Bertz CT molecular complexity index is 356. The van der Waals surface area contributed by atoms with Crippen LogP contribution >= 0.6 is 0 Å². The van der Waals surface area contributed by atoms with Gasteiger partial charge in [-0.25, -0.2) is 0 Å². The van der Waals surface area contributed by atoms with E-state index in [9.17, 15) is 0 Å². The van der Waals surface area contributed by atoms with E-state index in [1.807, 2.05) is 12.1 Å². The highest BCUT2D eigenvalue weighted by Crippen LogP contribution is 2.19. The quantitative estimate of drug-likeness (QED) is 0.791. The number of hydrogen-bond acceptors (Lipinski definition) is 2. The third kappa shape index (κ3) is 4.04. The predicted molar refractivity (Wildman–Crippen MR) is 76.0 cm³/mol. The average Bonchev–Trinajstić information content (AvgIpc) is 2.22. The molecule has 0 saturated carbocycles. The maximum Gasteiger partial charge on any atom is 0.0346 e. The number of nitrogens with two attached hydrogens (primary N) is 1. The van der Waals surface area contributed by atoms with Gasteiger partial charge in [0.05, 0.1) is 0 Å². The third-order valence-electron chi connectivity index (χ3n) is 3.19. The molecule has 0 amide bonds. The van der Waals surface area contributed by atoms with Crippen molar-refractivity contribution in [1.29, 1.82) is 0 Å². The van der Waals surface area contributed by atoms with Gasteiger partial charge in [0.15, 0.2) is 0 Å². The summed E-state index contributed by atoms with van der Waals surface area (Å²) in [7, 11) is 0. The fraction of sp³-hybridized carbons (Fsp3) is 0.600. The molecular weight excluding hydrogens is 208 g/mol. The maximum absolute atomic E-state index is 5.96. The van der Waals surface area contributed by atoms with Gasteiger partial charge >= 0.3 is 0 Å². The van der Waals surface area contributed by atoms with Gasteiger partial charge in [-0.15, -0.1) is 0 Å². The summed E-state index contributed by atoms with van der Waals surface area (Å²) in [5.74, 6) is 0.693. The van der Waals surface area contributed by atoms with Crippen LogP contribution in [0.15, 0.2) is 18.2 Å². The summed E-state index contributed by atoms with van der Waals surface area (Å²) in [5, 5.41) is 0. The van der Waals surface area contributed by atoms with Crippen LogP contribution in [-0.4, -0.2) is 17.5 Å². The molecule has 0 aromatic heterocycles. The van der Waals surface area contributed by atoms with E-state index < -0.39 is 0 Å². The summed E-state index contributed by atoms with van der Waals surface area (Å²) in [4.78, 5) is 2.51. The zero-order valence-corrected chi connectivity index (χ0v) is 11.8. The second-order valence-electron chi connectivity index (χ2n) is 5.55. The van der Waals surface area contributed by atoms with Crippen molar-refractivity contribution < 1.29 is 0 Å². The zero-order chi connectivity index (χ0) is 13.0. The average molecular weight is 234 g/mol. The number of anilines is 1. The first-order valence-electron chi connectivity index (χ1n) is 6.49. The molecule has 0 unspecified atom stereocenters. The van der Waals surface area contributed by atoms with Crippen molar-refractivity contribution in [3.8, 4) is 0 Å². The van der Waals surface area contributed by atoms with E-state index in [1.54, 1.807) is 0 Å². The monoisotopic (exact) mass is 234 g/mol. The van der Waals surface area contributed by atoms with Crippen LogP contribution in [-0.2, 0) is 6.54 Å². The molecule has 1 rings (SSSR count). The first-order valence-corrected chi connectivity index (χ1v) is 6.49. The van der Waals surface area contributed by atoms with E-state index >= 15 is 0 Å². The molecule has 0 aliphatic carbocycles. The van der Waals surface area contributed by atoms with Gasteiger partial charge in [-0.1, -0.05) is 26.0 Å². The molecule has 0 bridgehead atoms. The van der Waals surface area contributed by atoms with Gasteiger partial charge in [0.25, 0.3) is 0 Å². The minimum absolute atomic E-state index is 0.568. The molecule has 1 aromatic carbocycles. The topological polar surface area (TPSA) is 29.3 Å². The fourth-order valence-corrected chi connectivity index (χ4v) is 2.02. The van der Waals surface area contributed by atoms with E-state index in [1.165, 1.54) is 11.1 Å². The second-order valence-corrected chi connectivity index (χ2v) is 5.55. The fourth-order valence-electron chi connectivity index (χ4n) is 2.02. The Hall–Kier alpha value is -1.02. The Morgan fingerprint density at radius 3 is 2.35 bits per heavy atom. The minimum atomic E-state index is 0.568. The summed E-state index contributed by atoms with van der Waals surface area (Å²) >= 11 is 0. The molecule has 0 saturated heterocycles. The second kappa shape index (κ2) is 6.06. The van der Waals surface area contributed by atoms with Gasteiger partial charge in [0.2, 0.25) is 0 Å². The normalized spacial score (nSPS) is 11.8. The number of rotatable bonds is 5. The lowest BCUT2D eigenvalue weighted by Gasteiger charge is -2.29. The van der Waals surface area contributed by atoms with Crippen molar-refractivity contribution in [3.05, 3.63) is 29.3 Å². The Labute approximate surface area is 106 Å². The highest BCUT2D eigenvalue weighted by atomic mass is 15.1. The van der Waals surface area contributed by atoms with E-state index in [-0.39, 0.29) is 0 Å². The molecule has 2 heteroatoms. The van der Waals surface area contributed by atoms with Crippen molar-refractivity contribution in [1.82, 2.24) is 4.90 Å². The molecule has 0 aliphatic heterocycles. The van der Waals surface area contributed by atoms with E-state index in [0.29, 0.717) is 12.0 Å². The van der Waals surface area contributed by atoms with Crippen molar-refractivity contribution in [2.24, 2.45) is 5.92 Å². The van der Waals surface area contributed by atoms with Crippen LogP contribution < -0.4 is 5.73 Å². The lowest BCUT2D eigenvalue weighted by atomic mass is 10.0. The lowest BCUT2D eigenvalue weighted by molar-refractivity contribution is 0.189. The van der Waals surface area contributed by atoms with E-state index in [0.717, 1.165) is 18.8 Å². The van der Waals surface area contributed by atoms with Crippen molar-refractivity contribution in [2.75, 3.05) is 12.3 Å². The predicted octanol–water partition coefficient (Wildman–Crippen LogP) is 3.44. The molecule has 17 heavy (non-hydrogen) atoms. The molecule has 96 valence electrons. The number of hydrogen-bond donors (Lipinski definition) is 1. The summed E-state index contributed by atoms with van der Waals surface area (Å²) < 4.78 is 0. The van der Waals surface area contributed by atoms with Crippen molar-refractivity contribution >= 4 is 5.69 Å². The largest absolute Gasteiger partial charge is 0.399 e. The van der Waals surface area contributed by atoms with Crippen LogP contribution in [0, 0.1) is 12.8 Å². The van der Waals surface area contributed by atoms with Crippen LogP contribution in [0.1, 0.15) is 38.8 Å². The Morgan fingerprint density at radius 2 is 1.82 bits per heavy atom. The van der Waals surface area contributed by atoms with E-state index in [2.05, 4.69) is 45.6 Å². The highest BCUT2D eigenvalue weighted by Gasteiger charge is 2.13. The molecule has 0 radical (unpaired) electrons. The van der Waals surface area contributed by atoms with Gasteiger partial charge in [0.1, 0.15) is 0 Å². The lowest BCUT2D eigenvalue weighted by Crippen LogP contribution is -2.33. The third-order valence-corrected chi connectivity index (χ3v) is 3.19. The van der Waals surface area contributed by atoms with E-state index in [4.69, 9.17) is 5.73 Å². The van der Waals surface area contributed by atoms with Crippen LogP contribution in [0.5, 0.6) is 0 Å². The molecular formula is C15H26N2. The first kappa shape index (κ1) is 14.0. The van der Waals surface area contributed by atoms with Gasteiger partial charge in [0, 0.05) is 24.8 Å². The molecule has 0 aliphatic rings. The Kier molecular flexibility index (Phi) is 5.01. The van der Waals surface area contributed by atoms with Gasteiger partial charge < -0.3 is 5.73 Å². The summed E-state index contributed by atoms with van der Waals surface area (Å²) in [6.07, 6.45) is 0. The van der Waals surface area contributed by atoms with Crippen LogP contribution in [0.3, 0.4) is 0 Å².